The van der Waals surface area contributed by atoms with Crippen LogP contribution in [0.2, 0.25) is 0 Å². The molecule has 0 bridgehead atoms. The van der Waals surface area contributed by atoms with Gasteiger partial charge >= 0.3 is 0 Å². The Morgan fingerprint density at radius 1 is 1.22 bits per heavy atom. The third kappa shape index (κ3) is 2.97. The van der Waals surface area contributed by atoms with E-state index in [0.29, 0.717) is 5.92 Å². The number of hydrogen-bond acceptors (Lipinski definition) is 1. The normalized spacial score (nSPS) is 30.2. The summed E-state index contributed by atoms with van der Waals surface area (Å²) in [6, 6.07) is 6.74. The Kier molecular flexibility index (Phi) is 4.50. The molecule has 0 aliphatic heterocycles. The van der Waals surface area contributed by atoms with Gasteiger partial charge in [0.2, 0.25) is 0 Å². The molecule has 4 unspecified atom stereocenters. The van der Waals surface area contributed by atoms with Crippen LogP contribution < -0.4 is 5.73 Å². The summed E-state index contributed by atoms with van der Waals surface area (Å²) in [6.45, 7) is 6.85. The van der Waals surface area contributed by atoms with Gasteiger partial charge in [0.1, 0.15) is 0 Å². The molecule has 0 radical (unpaired) electrons. The van der Waals surface area contributed by atoms with Crippen molar-refractivity contribution in [3.05, 3.63) is 33.8 Å². The van der Waals surface area contributed by atoms with Gasteiger partial charge in [0.05, 0.1) is 0 Å². The number of halogens is 1. The van der Waals surface area contributed by atoms with Gasteiger partial charge in [-0.05, 0) is 54.7 Å². The molecule has 1 aliphatic carbocycles. The van der Waals surface area contributed by atoms with Gasteiger partial charge < -0.3 is 5.73 Å². The van der Waals surface area contributed by atoms with Crippen LogP contribution in [0.15, 0.2) is 22.7 Å². The molecule has 100 valence electrons. The predicted octanol–water partition coefficient (Wildman–Crippen LogP) is 4.83. The molecule has 0 heterocycles. The van der Waals surface area contributed by atoms with Gasteiger partial charge in [-0.3, -0.25) is 0 Å². The summed E-state index contributed by atoms with van der Waals surface area (Å²) >= 11 is 3.60. The van der Waals surface area contributed by atoms with Gasteiger partial charge in [-0.25, -0.2) is 0 Å². The maximum absolute atomic E-state index is 6.48. The van der Waals surface area contributed by atoms with Gasteiger partial charge in [0.15, 0.2) is 0 Å². The number of benzene rings is 1. The Hall–Kier alpha value is -0.340. The quantitative estimate of drug-likeness (QED) is 0.832. The second-order valence-electron chi connectivity index (χ2n) is 6.06. The second kappa shape index (κ2) is 5.75. The van der Waals surface area contributed by atoms with Crippen molar-refractivity contribution >= 4 is 15.9 Å². The molecule has 1 saturated carbocycles. The van der Waals surface area contributed by atoms with E-state index in [1.54, 1.807) is 0 Å². The molecule has 1 aromatic rings. The highest BCUT2D eigenvalue weighted by atomic mass is 79.9. The molecule has 1 nitrogen and oxygen atoms in total. The molecular weight excluding hydrogens is 286 g/mol. The van der Waals surface area contributed by atoms with Crippen LogP contribution in [0, 0.1) is 24.7 Å². The Morgan fingerprint density at radius 3 is 2.56 bits per heavy atom. The second-order valence-corrected chi connectivity index (χ2v) is 6.92. The number of aryl methyl sites for hydroxylation is 1. The molecular formula is C16H24BrN. The molecule has 4 atom stereocenters. The first kappa shape index (κ1) is 14.1. The summed E-state index contributed by atoms with van der Waals surface area (Å²) in [6.07, 6.45) is 3.87. The Bertz CT molecular complexity index is 416. The van der Waals surface area contributed by atoms with E-state index in [4.69, 9.17) is 5.73 Å². The van der Waals surface area contributed by atoms with Gasteiger partial charge in [0, 0.05) is 10.5 Å². The smallest absolute Gasteiger partial charge is 0.0324 e. The van der Waals surface area contributed by atoms with E-state index in [0.717, 1.165) is 11.8 Å². The van der Waals surface area contributed by atoms with Crippen molar-refractivity contribution in [3.63, 3.8) is 0 Å². The van der Waals surface area contributed by atoms with Crippen LogP contribution in [0.5, 0.6) is 0 Å². The van der Waals surface area contributed by atoms with Crippen molar-refractivity contribution in [1.82, 2.24) is 0 Å². The Morgan fingerprint density at radius 2 is 1.94 bits per heavy atom. The average Bonchev–Trinajstić information content (AvgIpc) is 2.35. The molecule has 2 N–H and O–H groups in total. The van der Waals surface area contributed by atoms with E-state index < -0.39 is 0 Å². The van der Waals surface area contributed by atoms with E-state index in [1.165, 1.54) is 34.9 Å². The molecule has 1 fully saturated rings. The first-order valence-electron chi connectivity index (χ1n) is 7.00. The predicted molar refractivity (Wildman–Crippen MR) is 81.5 cm³/mol. The number of nitrogens with two attached hydrogens (primary N) is 1. The first-order chi connectivity index (χ1) is 8.49. The third-order valence-electron chi connectivity index (χ3n) is 4.73. The van der Waals surface area contributed by atoms with Crippen LogP contribution in [-0.2, 0) is 0 Å². The zero-order chi connectivity index (χ0) is 13.3. The topological polar surface area (TPSA) is 26.0 Å². The summed E-state index contributed by atoms with van der Waals surface area (Å²) in [5.74, 6) is 2.31. The van der Waals surface area contributed by atoms with Gasteiger partial charge in [0.25, 0.3) is 0 Å². The van der Waals surface area contributed by atoms with Crippen LogP contribution in [-0.4, -0.2) is 0 Å². The fraction of sp³-hybridized carbons (Fsp3) is 0.625. The average molecular weight is 310 g/mol. The highest BCUT2D eigenvalue weighted by Gasteiger charge is 2.29. The Balaban J connectivity index is 2.11. The van der Waals surface area contributed by atoms with Crippen LogP contribution in [0.4, 0.5) is 0 Å². The van der Waals surface area contributed by atoms with E-state index in [1.807, 2.05) is 0 Å². The zero-order valence-corrected chi connectivity index (χ0v) is 13.2. The summed E-state index contributed by atoms with van der Waals surface area (Å²) in [4.78, 5) is 0. The molecule has 1 aromatic carbocycles. The van der Waals surface area contributed by atoms with Crippen molar-refractivity contribution in [2.24, 2.45) is 23.5 Å². The SMILES string of the molecule is Cc1ccc(C(N)C2CCC(C)C(C)C2)cc1Br. The standard InChI is InChI=1S/C16H24BrN/c1-10-4-6-13(8-12(10)3)16(18)14-7-5-11(2)15(17)9-14/h5,7,9-10,12-13,16H,4,6,8,18H2,1-3H3. The monoisotopic (exact) mass is 309 g/mol. The minimum absolute atomic E-state index is 0.192. The highest BCUT2D eigenvalue weighted by Crippen LogP contribution is 2.39. The van der Waals surface area contributed by atoms with Crippen molar-refractivity contribution in [2.75, 3.05) is 0 Å². The van der Waals surface area contributed by atoms with Crippen LogP contribution >= 0.6 is 15.9 Å². The maximum atomic E-state index is 6.48. The minimum Gasteiger partial charge on any atom is -0.324 e. The van der Waals surface area contributed by atoms with Crippen molar-refractivity contribution in [1.29, 1.82) is 0 Å². The van der Waals surface area contributed by atoms with E-state index in [9.17, 15) is 0 Å². The number of rotatable bonds is 2. The van der Waals surface area contributed by atoms with Crippen molar-refractivity contribution in [2.45, 2.75) is 46.1 Å². The molecule has 0 spiro atoms. The Labute approximate surface area is 119 Å². The minimum atomic E-state index is 0.192. The molecule has 0 aromatic heterocycles. The van der Waals surface area contributed by atoms with Crippen molar-refractivity contribution in [3.8, 4) is 0 Å². The lowest BCUT2D eigenvalue weighted by Crippen LogP contribution is -2.29. The lowest BCUT2D eigenvalue weighted by Gasteiger charge is -2.35. The summed E-state index contributed by atoms with van der Waals surface area (Å²) in [5.41, 5.74) is 9.03. The first-order valence-corrected chi connectivity index (χ1v) is 7.80. The maximum Gasteiger partial charge on any atom is 0.0324 e. The van der Waals surface area contributed by atoms with Crippen LogP contribution in [0.3, 0.4) is 0 Å². The lowest BCUT2D eigenvalue weighted by molar-refractivity contribution is 0.186. The highest BCUT2D eigenvalue weighted by molar-refractivity contribution is 9.10. The molecule has 2 heteroatoms. The van der Waals surface area contributed by atoms with Gasteiger partial charge in [-0.2, -0.15) is 0 Å². The van der Waals surface area contributed by atoms with Gasteiger partial charge in [-0.1, -0.05) is 48.3 Å². The summed E-state index contributed by atoms with van der Waals surface area (Å²) < 4.78 is 1.17. The fourth-order valence-electron chi connectivity index (χ4n) is 3.00. The lowest BCUT2D eigenvalue weighted by atomic mass is 9.72. The zero-order valence-electron chi connectivity index (χ0n) is 11.6. The molecule has 18 heavy (non-hydrogen) atoms. The van der Waals surface area contributed by atoms with Crippen LogP contribution in [0.25, 0.3) is 0 Å². The molecule has 0 amide bonds. The fourth-order valence-corrected chi connectivity index (χ4v) is 3.40. The molecule has 0 saturated heterocycles. The van der Waals surface area contributed by atoms with E-state index >= 15 is 0 Å². The third-order valence-corrected chi connectivity index (χ3v) is 5.58. The van der Waals surface area contributed by atoms with Crippen LogP contribution in [0.1, 0.15) is 50.3 Å². The summed E-state index contributed by atoms with van der Waals surface area (Å²) in [5, 5.41) is 0. The molecule has 1 aliphatic rings. The molecule has 2 rings (SSSR count). The van der Waals surface area contributed by atoms with Crippen molar-refractivity contribution < 1.29 is 0 Å². The van der Waals surface area contributed by atoms with E-state index in [2.05, 4.69) is 54.9 Å². The summed E-state index contributed by atoms with van der Waals surface area (Å²) in [7, 11) is 0. The van der Waals surface area contributed by atoms with Gasteiger partial charge in [-0.15, -0.1) is 0 Å². The number of hydrogen-bond donors (Lipinski definition) is 1. The largest absolute Gasteiger partial charge is 0.324 e. The van der Waals surface area contributed by atoms with E-state index in [-0.39, 0.29) is 6.04 Å².